The molecule has 1 amide bonds. The molecule has 1 aromatic carbocycles. The molecule has 1 heterocycles. The number of nitriles is 1. The van der Waals surface area contributed by atoms with Gasteiger partial charge in [0.2, 0.25) is 11.0 Å². The van der Waals surface area contributed by atoms with Crippen molar-refractivity contribution in [1.82, 2.24) is 15.5 Å². The molecule has 0 aliphatic carbocycles. The molecule has 1 aromatic heterocycles. The topological polar surface area (TPSA) is 90.7 Å². The zero-order valence-corrected chi connectivity index (χ0v) is 14.3. The molecule has 0 saturated heterocycles. The van der Waals surface area contributed by atoms with E-state index >= 15 is 0 Å². The van der Waals surface area contributed by atoms with Gasteiger partial charge in [-0.1, -0.05) is 42.2 Å². The van der Waals surface area contributed by atoms with E-state index in [1.807, 2.05) is 18.2 Å². The Morgan fingerprint density at radius 1 is 1.35 bits per heavy atom. The van der Waals surface area contributed by atoms with Crippen LogP contribution in [0.5, 0.6) is 0 Å². The van der Waals surface area contributed by atoms with Crippen molar-refractivity contribution in [3.05, 3.63) is 29.8 Å². The SMILES string of the molecule is CCc1ccc(Nc2nnc(SCC(=O)NCCC#N)s2)cc1. The molecule has 0 saturated carbocycles. The number of thioether (sulfide) groups is 1. The third-order valence-electron chi connectivity index (χ3n) is 2.91. The Labute approximate surface area is 143 Å². The van der Waals surface area contributed by atoms with Crippen LogP contribution in [0.4, 0.5) is 10.8 Å². The highest BCUT2D eigenvalue weighted by Gasteiger charge is 2.08. The first-order chi connectivity index (χ1) is 11.2. The van der Waals surface area contributed by atoms with Gasteiger partial charge in [0, 0.05) is 12.2 Å². The van der Waals surface area contributed by atoms with Crippen molar-refractivity contribution in [3.63, 3.8) is 0 Å². The number of aryl methyl sites for hydroxylation is 1. The molecule has 8 heteroatoms. The lowest BCUT2D eigenvalue weighted by molar-refractivity contribution is -0.118. The van der Waals surface area contributed by atoms with Gasteiger partial charge in [-0.15, -0.1) is 10.2 Å². The van der Waals surface area contributed by atoms with E-state index in [9.17, 15) is 4.79 Å². The first kappa shape index (κ1) is 17.2. The fourth-order valence-corrected chi connectivity index (χ4v) is 3.30. The second kappa shape index (κ2) is 9.12. The van der Waals surface area contributed by atoms with Crippen LogP contribution in [0.15, 0.2) is 28.6 Å². The maximum absolute atomic E-state index is 11.5. The second-order valence-corrected chi connectivity index (χ2v) is 6.80. The Kier molecular flexibility index (Phi) is 6.84. The number of hydrogen-bond donors (Lipinski definition) is 2. The molecule has 0 aliphatic heterocycles. The number of carbonyl (C=O) groups excluding carboxylic acids is 1. The van der Waals surface area contributed by atoms with E-state index < -0.39 is 0 Å². The lowest BCUT2D eigenvalue weighted by Crippen LogP contribution is -2.25. The minimum absolute atomic E-state index is 0.106. The Morgan fingerprint density at radius 3 is 2.83 bits per heavy atom. The molecule has 2 aromatic rings. The molecule has 2 rings (SSSR count). The summed E-state index contributed by atoms with van der Waals surface area (Å²) in [5.41, 5.74) is 2.25. The first-order valence-corrected chi connectivity index (χ1v) is 8.97. The van der Waals surface area contributed by atoms with Crippen molar-refractivity contribution >= 4 is 39.8 Å². The van der Waals surface area contributed by atoms with Gasteiger partial charge in [0.05, 0.1) is 18.2 Å². The number of anilines is 2. The second-order valence-electron chi connectivity index (χ2n) is 4.60. The quantitative estimate of drug-likeness (QED) is 0.563. The van der Waals surface area contributed by atoms with Crippen LogP contribution >= 0.6 is 23.1 Å². The van der Waals surface area contributed by atoms with E-state index in [0.29, 0.717) is 18.1 Å². The summed E-state index contributed by atoms with van der Waals surface area (Å²) >= 11 is 2.74. The minimum atomic E-state index is -0.106. The van der Waals surface area contributed by atoms with E-state index in [-0.39, 0.29) is 11.7 Å². The van der Waals surface area contributed by atoms with Crippen LogP contribution in [0.25, 0.3) is 0 Å². The molecule has 0 bridgehead atoms. The Bertz CT molecular complexity index is 678. The van der Waals surface area contributed by atoms with Crippen LogP contribution in [0.1, 0.15) is 18.9 Å². The minimum Gasteiger partial charge on any atom is -0.354 e. The van der Waals surface area contributed by atoms with E-state index in [4.69, 9.17) is 5.26 Å². The number of carbonyl (C=O) groups is 1. The van der Waals surface area contributed by atoms with Crippen LogP contribution in [-0.4, -0.2) is 28.4 Å². The fraction of sp³-hybridized carbons (Fsp3) is 0.333. The van der Waals surface area contributed by atoms with Gasteiger partial charge in [-0.05, 0) is 24.1 Å². The van der Waals surface area contributed by atoms with Crippen molar-refractivity contribution in [3.8, 4) is 6.07 Å². The van der Waals surface area contributed by atoms with Crippen LogP contribution in [-0.2, 0) is 11.2 Å². The van der Waals surface area contributed by atoms with E-state index in [1.54, 1.807) is 0 Å². The Morgan fingerprint density at radius 2 is 2.13 bits per heavy atom. The predicted molar refractivity (Wildman–Crippen MR) is 93.0 cm³/mol. The molecule has 120 valence electrons. The highest BCUT2D eigenvalue weighted by Crippen LogP contribution is 2.27. The number of hydrogen-bond acceptors (Lipinski definition) is 7. The summed E-state index contributed by atoms with van der Waals surface area (Å²) in [4.78, 5) is 11.5. The predicted octanol–water partition coefficient (Wildman–Crippen LogP) is 2.97. The van der Waals surface area contributed by atoms with Crippen LogP contribution < -0.4 is 10.6 Å². The van der Waals surface area contributed by atoms with Gasteiger partial charge >= 0.3 is 0 Å². The van der Waals surface area contributed by atoms with Gasteiger partial charge in [0.15, 0.2) is 4.34 Å². The monoisotopic (exact) mass is 347 g/mol. The number of nitrogens with zero attached hydrogens (tertiary/aromatic N) is 3. The molecule has 0 atom stereocenters. The van der Waals surface area contributed by atoms with Crippen molar-refractivity contribution in [1.29, 1.82) is 5.26 Å². The zero-order chi connectivity index (χ0) is 16.5. The Balaban J connectivity index is 1.80. The van der Waals surface area contributed by atoms with Gasteiger partial charge in [-0.2, -0.15) is 5.26 Å². The maximum atomic E-state index is 11.5. The third-order valence-corrected chi connectivity index (χ3v) is 4.88. The molecule has 23 heavy (non-hydrogen) atoms. The summed E-state index contributed by atoms with van der Waals surface area (Å²) in [5.74, 6) is 0.163. The highest BCUT2D eigenvalue weighted by atomic mass is 32.2. The smallest absolute Gasteiger partial charge is 0.230 e. The van der Waals surface area contributed by atoms with Crippen molar-refractivity contribution in [2.75, 3.05) is 17.6 Å². The highest BCUT2D eigenvalue weighted by molar-refractivity contribution is 8.01. The van der Waals surface area contributed by atoms with Gasteiger partial charge in [-0.3, -0.25) is 4.79 Å². The number of amides is 1. The number of rotatable bonds is 8. The summed E-state index contributed by atoms with van der Waals surface area (Å²) in [6.07, 6.45) is 1.33. The van der Waals surface area contributed by atoms with Crippen molar-refractivity contribution in [2.45, 2.75) is 24.1 Å². The summed E-state index contributed by atoms with van der Waals surface area (Å²) < 4.78 is 0.730. The number of benzene rings is 1. The van der Waals surface area contributed by atoms with Crippen molar-refractivity contribution < 1.29 is 4.79 Å². The molecular formula is C15H17N5OS2. The van der Waals surface area contributed by atoms with Gasteiger partial charge in [0.1, 0.15) is 0 Å². The average Bonchev–Trinajstić information content (AvgIpc) is 3.01. The van der Waals surface area contributed by atoms with Crippen LogP contribution in [0, 0.1) is 11.3 Å². The molecule has 6 nitrogen and oxygen atoms in total. The molecule has 0 spiro atoms. The first-order valence-electron chi connectivity index (χ1n) is 7.17. The fourth-order valence-electron chi connectivity index (χ4n) is 1.70. The van der Waals surface area contributed by atoms with E-state index in [1.165, 1.54) is 28.7 Å². The zero-order valence-electron chi connectivity index (χ0n) is 12.7. The average molecular weight is 347 g/mol. The lowest BCUT2D eigenvalue weighted by Gasteiger charge is -2.02. The summed E-state index contributed by atoms with van der Waals surface area (Å²) in [7, 11) is 0. The van der Waals surface area contributed by atoms with Crippen LogP contribution in [0.2, 0.25) is 0 Å². The van der Waals surface area contributed by atoms with Gasteiger partial charge < -0.3 is 10.6 Å². The van der Waals surface area contributed by atoms with Crippen molar-refractivity contribution in [2.24, 2.45) is 0 Å². The van der Waals surface area contributed by atoms with Gasteiger partial charge in [0.25, 0.3) is 0 Å². The largest absolute Gasteiger partial charge is 0.354 e. The third kappa shape index (κ3) is 5.88. The Hall–Kier alpha value is -2.11. The molecule has 0 aliphatic rings. The number of nitrogens with one attached hydrogen (secondary N) is 2. The number of aromatic nitrogens is 2. The molecule has 0 unspecified atom stereocenters. The van der Waals surface area contributed by atoms with E-state index in [0.717, 1.165) is 16.4 Å². The molecule has 2 N–H and O–H groups in total. The standard InChI is InChI=1S/C15H17N5OS2/c1-2-11-4-6-12(7-5-11)18-14-19-20-15(23-14)22-10-13(21)17-9-3-8-16/h4-7H,2-3,9-10H2,1H3,(H,17,21)(H,18,19). The maximum Gasteiger partial charge on any atom is 0.230 e. The summed E-state index contributed by atoms with van der Waals surface area (Å²) in [6.45, 7) is 2.50. The summed E-state index contributed by atoms with van der Waals surface area (Å²) in [5, 5.41) is 23.1. The van der Waals surface area contributed by atoms with Gasteiger partial charge in [-0.25, -0.2) is 0 Å². The molecule has 0 fully saturated rings. The lowest BCUT2D eigenvalue weighted by atomic mass is 10.1. The molecular weight excluding hydrogens is 330 g/mol. The summed E-state index contributed by atoms with van der Waals surface area (Å²) in [6, 6.07) is 10.1. The molecule has 0 radical (unpaired) electrons. The van der Waals surface area contributed by atoms with Crippen LogP contribution in [0.3, 0.4) is 0 Å². The normalized spacial score (nSPS) is 10.1. The van der Waals surface area contributed by atoms with E-state index in [2.05, 4.69) is 39.9 Å².